The number of amides is 1. The normalized spacial score (nSPS) is 20.1. The van der Waals surface area contributed by atoms with Crippen molar-refractivity contribution in [3.05, 3.63) is 65.5 Å². The van der Waals surface area contributed by atoms with Crippen molar-refractivity contribution in [3.63, 3.8) is 0 Å². The van der Waals surface area contributed by atoms with E-state index < -0.39 is 0 Å². The molecule has 1 aromatic heterocycles. The summed E-state index contributed by atoms with van der Waals surface area (Å²) in [6.45, 7) is 6.28. The van der Waals surface area contributed by atoms with Crippen LogP contribution in [0.1, 0.15) is 48.9 Å². The molecule has 1 aliphatic carbocycles. The quantitative estimate of drug-likeness (QED) is 0.771. The summed E-state index contributed by atoms with van der Waals surface area (Å²) in [7, 11) is 0. The van der Waals surface area contributed by atoms with Crippen molar-refractivity contribution < 1.29 is 4.79 Å². The number of pyridine rings is 1. The minimum absolute atomic E-state index is 0.0316. The van der Waals surface area contributed by atoms with E-state index in [4.69, 9.17) is 0 Å². The van der Waals surface area contributed by atoms with Crippen LogP contribution in [0.3, 0.4) is 0 Å². The van der Waals surface area contributed by atoms with Crippen molar-refractivity contribution >= 4 is 5.91 Å². The van der Waals surface area contributed by atoms with Gasteiger partial charge >= 0.3 is 0 Å². The second kappa shape index (κ2) is 8.87. The number of hydrogen-bond donors (Lipinski definition) is 0. The van der Waals surface area contributed by atoms with Gasteiger partial charge in [-0.15, -0.1) is 0 Å². The van der Waals surface area contributed by atoms with Crippen LogP contribution >= 0.6 is 0 Å². The van der Waals surface area contributed by atoms with Crippen molar-refractivity contribution in [1.29, 1.82) is 0 Å². The van der Waals surface area contributed by atoms with Crippen molar-refractivity contribution in [2.24, 2.45) is 0 Å². The molecule has 1 unspecified atom stereocenters. The highest BCUT2D eigenvalue weighted by Gasteiger charge is 2.35. The number of aryl methyl sites for hydroxylation is 1. The Morgan fingerprint density at radius 3 is 2.64 bits per heavy atom. The van der Waals surface area contributed by atoms with E-state index in [2.05, 4.69) is 52.0 Å². The molecule has 1 aromatic carbocycles. The Morgan fingerprint density at radius 1 is 1.11 bits per heavy atom. The minimum Gasteiger partial charge on any atom is -0.339 e. The predicted molar refractivity (Wildman–Crippen MR) is 112 cm³/mol. The standard InChI is InChI=1S/C24H31N3O/c1-2-26-16-13-21(14-17-26)27(18-12-20-8-5-6-15-25-20)24(28)23-11-10-19-7-3-4-9-22(19)23/h3-9,15,21,23H,2,10-14,16-18H2,1H3. The molecular formula is C24H31N3O. The lowest BCUT2D eigenvalue weighted by molar-refractivity contribution is -0.136. The zero-order valence-electron chi connectivity index (χ0n) is 16.9. The number of fused-ring (bicyclic) bond motifs is 1. The lowest BCUT2D eigenvalue weighted by Crippen LogP contribution is -2.49. The van der Waals surface area contributed by atoms with Gasteiger partial charge in [0.15, 0.2) is 0 Å². The molecule has 1 atom stereocenters. The summed E-state index contributed by atoms with van der Waals surface area (Å²) in [6, 6.07) is 14.9. The first-order valence-electron chi connectivity index (χ1n) is 10.8. The number of nitrogens with zero attached hydrogens (tertiary/aromatic N) is 3. The summed E-state index contributed by atoms with van der Waals surface area (Å²) in [5.74, 6) is 0.361. The Balaban J connectivity index is 1.51. The molecule has 4 heteroatoms. The highest BCUT2D eigenvalue weighted by Crippen LogP contribution is 2.35. The van der Waals surface area contributed by atoms with Crippen LogP contribution in [-0.4, -0.2) is 52.9 Å². The van der Waals surface area contributed by atoms with Crippen molar-refractivity contribution in [3.8, 4) is 0 Å². The summed E-state index contributed by atoms with van der Waals surface area (Å²) in [6.07, 6.45) is 6.80. The molecule has 148 valence electrons. The highest BCUT2D eigenvalue weighted by molar-refractivity contribution is 5.85. The molecule has 4 nitrogen and oxygen atoms in total. The third kappa shape index (κ3) is 4.12. The van der Waals surface area contributed by atoms with Gasteiger partial charge in [-0.25, -0.2) is 0 Å². The number of aromatic nitrogens is 1. The first kappa shape index (κ1) is 19.1. The summed E-state index contributed by atoms with van der Waals surface area (Å²) >= 11 is 0. The maximum absolute atomic E-state index is 13.7. The number of carbonyl (C=O) groups is 1. The molecule has 1 amide bonds. The largest absolute Gasteiger partial charge is 0.339 e. The smallest absolute Gasteiger partial charge is 0.230 e. The molecule has 1 aliphatic heterocycles. The van der Waals surface area contributed by atoms with Crippen molar-refractivity contribution in [1.82, 2.24) is 14.8 Å². The monoisotopic (exact) mass is 377 g/mol. The van der Waals surface area contributed by atoms with E-state index in [1.54, 1.807) is 0 Å². The van der Waals surface area contributed by atoms with Crippen molar-refractivity contribution in [2.45, 2.75) is 51.0 Å². The van der Waals surface area contributed by atoms with E-state index in [9.17, 15) is 4.79 Å². The van der Waals surface area contributed by atoms with Crippen LogP contribution in [0.5, 0.6) is 0 Å². The van der Waals surface area contributed by atoms with Crippen LogP contribution in [0.25, 0.3) is 0 Å². The van der Waals surface area contributed by atoms with Gasteiger partial charge in [-0.1, -0.05) is 37.3 Å². The molecule has 2 heterocycles. The predicted octanol–water partition coefficient (Wildman–Crippen LogP) is 3.67. The zero-order valence-corrected chi connectivity index (χ0v) is 16.9. The first-order chi connectivity index (χ1) is 13.8. The van der Waals surface area contributed by atoms with Gasteiger partial charge in [0.2, 0.25) is 5.91 Å². The van der Waals surface area contributed by atoms with Gasteiger partial charge in [-0.05, 0) is 55.5 Å². The zero-order chi connectivity index (χ0) is 19.3. The maximum Gasteiger partial charge on any atom is 0.230 e. The van der Waals surface area contributed by atoms with Crippen LogP contribution < -0.4 is 0 Å². The SMILES string of the molecule is CCN1CCC(N(CCc2ccccn2)C(=O)C2CCc3ccccc32)CC1. The van der Waals surface area contributed by atoms with Crippen LogP contribution in [0.4, 0.5) is 0 Å². The topological polar surface area (TPSA) is 36.4 Å². The molecule has 2 aliphatic rings. The van der Waals surface area contributed by atoms with E-state index in [1.165, 1.54) is 11.1 Å². The van der Waals surface area contributed by atoms with E-state index in [0.717, 1.165) is 64.0 Å². The Kier molecular flexibility index (Phi) is 6.06. The summed E-state index contributed by atoms with van der Waals surface area (Å²) in [5.41, 5.74) is 3.67. The molecule has 1 fully saturated rings. The molecule has 1 saturated heterocycles. The second-order valence-corrected chi connectivity index (χ2v) is 8.06. The van der Waals surface area contributed by atoms with Gasteiger partial charge in [0.05, 0.1) is 5.92 Å². The number of likely N-dealkylation sites (tertiary alicyclic amines) is 1. The van der Waals surface area contributed by atoms with E-state index in [-0.39, 0.29) is 5.92 Å². The fraction of sp³-hybridized carbons (Fsp3) is 0.500. The van der Waals surface area contributed by atoms with Crippen LogP contribution in [0.2, 0.25) is 0 Å². The van der Waals surface area contributed by atoms with E-state index >= 15 is 0 Å². The van der Waals surface area contributed by atoms with E-state index in [1.807, 2.05) is 18.3 Å². The molecule has 0 bridgehead atoms. The van der Waals surface area contributed by atoms with Crippen molar-refractivity contribution in [2.75, 3.05) is 26.2 Å². The van der Waals surface area contributed by atoms with Gasteiger partial charge < -0.3 is 9.80 Å². The first-order valence-corrected chi connectivity index (χ1v) is 10.8. The molecule has 0 radical (unpaired) electrons. The number of piperidine rings is 1. The van der Waals surface area contributed by atoms with E-state index in [0.29, 0.717) is 11.9 Å². The lowest BCUT2D eigenvalue weighted by atomic mass is 9.96. The Bertz CT molecular complexity index is 783. The fourth-order valence-electron chi connectivity index (χ4n) is 4.81. The number of hydrogen-bond acceptors (Lipinski definition) is 3. The fourth-order valence-corrected chi connectivity index (χ4v) is 4.81. The second-order valence-electron chi connectivity index (χ2n) is 8.06. The molecule has 0 saturated carbocycles. The molecule has 28 heavy (non-hydrogen) atoms. The Hall–Kier alpha value is -2.20. The van der Waals surface area contributed by atoms with Gasteiger partial charge in [0, 0.05) is 44.0 Å². The van der Waals surface area contributed by atoms with Crippen LogP contribution in [-0.2, 0) is 17.6 Å². The van der Waals surface area contributed by atoms with Gasteiger partial charge in [-0.2, -0.15) is 0 Å². The molecule has 4 rings (SSSR count). The van der Waals surface area contributed by atoms with Crippen LogP contribution in [0.15, 0.2) is 48.7 Å². The van der Waals surface area contributed by atoms with Gasteiger partial charge in [-0.3, -0.25) is 9.78 Å². The molecule has 0 spiro atoms. The average Bonchev–Trinajstić information content (AvgIpc) is 3.19. The summed E-state index contributed by atoms with van der Waals surface area (Å²) in [4.78, 5) is 22.8. The number of benzene rings is 1. The van der Waals surface area contributed by atoms with Crippen LogP contribution in [0, 0.1) is 0 Å². The summed E-state index contributed by atoms with van der Waals surface area (Å²) < 4.78 is 0. The highest BCUT2D eigenvalue weighted by atomic mass is 16.2. The molecule has 2 aromatic rings. The van der Waals surface area contributed by atoms with Gasteiger partial charge in [0.1, 0.15) is 0 Å². The minimum atomic E-state index is 0.0316. The maximum atomic E-state index is 13.7. The molecular weight excluding hydrogens is 346 g/mol. The van der Waals surface area contributed by atoms with Gasteiger partial charge in [0.25, 0.3) is 0 Å². The number of rotatable bonds is 6. The third-order valence-corrected chi connectivity index (χ3v) is 6.49. The lowest BCUT2D eigenvalue weighted by Gasteiger charge is -2.39. The Labute approximate surface area is 168 Å². The number of carbonyl (C=O) groups excluding carboxylic acids is 1. The Morgan fingerprint density at radius 2 is 1.89 bits per heavy atom. The molecule has 0 N–H and O–H groups in total. The average molecular weight is 378 g/mol. The summed E-state index contributed by atoms with van der Waals surface area (Å²) in [5, 5.41) is 0. The third-order valence-electron chi connectivity index (χ3n) is 6.49.